The lowest BCUT2D eigenvalue weighted by Gasteiger charge is -2.21. The van der Waals surface area contributed by atoms with Crippen molar-refractivity contribution in [2.45, 2.75) is 39.3 Å². The molecule has 0 aliphatic carbocycles. The zero-order chi connectivity index (χ0) is 47.1. The summed E-state index contributed by atoms with van der Waals surface area (Å²) in [7, 11) is -10.2. The molecule has 0 aliphatic rings. The number of pyridine rings is 6. The van der Waals surface area contributed by atoms with Gasteiger partial charge in [-0.15, -0.1) is 0 Å². The first-order valence-electron chi connectivity index (χ1n) is 20.9. The normalized spacial score (nSPS) is 11.1. The summed E-state index contributed by atoms with van der Waals surface area (Å²) in [6.07, 6.45) is 20.8. The van der Waals surface area contributed by atoms with Gasteiger partial charge in [0, 0.05) is 106 Å². The molecular weight excluding hydrogens is 845 g/mol. The van der Waals surface area contributed by atoms with Gasteiger partial charge >= 0.3 is 42.7 Å². The van der Waals surface area contributed by atoms with Crippen molar-refractivity contribution in [1.29, 1.82) is 0 Å². The molecule has 0 radical (unpaired) electrons. The van der Waals surface area contributed by atoms with E-state index >= 15 is 0 Å². The standard InChI is InChI=1S/C42H48B6N6O12/c55-43(56)31-1-13-49(14-2-31)25-37-38(26-50-15-3-32(4-16-50)44(57)58)40(28-52-19-7-34(8-20-52)46(61)62)42(30-54-23-11-36(12-24-54)48(65)66)41(29-53-21-9-35(10-22-53)47(63)64)39(37)27-51-17-5-33(6-18-51)45(59)60/h1-24,55-66H,25-30H2/q+6. The van der Waals surface area contributed by atoms with Crippen molar-refractivity contribution in [2.24, 2.45) is 0 Å². The molecule has 0 fully saturated rings. The van der Waals surface area contributed by atoms with E-state index in [1.165, 1.54) is 0 Å². The van der Waals surface area contributed by atoms with Crippen molar-refractivity contribution in [1.82, 2.24) is 0 Å². The van der Waals surface area contributed by atoms with Crippen LogP contribution in [0.3, 0.4) is 0 Å². The van der Waals surface area contributed by atoms with E-state index in [0.717, 1.165) is 33.4 Å². The van der Waals surface area contributed by atoms with Gasteiger partial charge in [-0.1, -0.05) is 0 Å². The maximum atomic E-state index is 9.96. The molecule has 24 heteroatoms. The summed E-state index contributed by atoms with van der Waals surface area (Å²) in [6.45, 7) is 1.45. The molecule has 0 amide bonds. The molecule has 7 aromatic rings. The molecule has 7 rings (SSSR count). The fourth-order valence-electron chi connectivity index (χ4n) is 7.81. The van der Waals surface area contributed by atoms with Crippen LogP contribution in [0.2, 0.25) is 0 Å². The Morgan fingerprint density at radius 2 is 0.318 bits per heavy atom. The van der Waals surface area contributed by atoms with Gasteiger partial charge in [-0.3, -0.25) is 0 Å². The third-order valence-corrected chi connectivity index (χ3v) is 11.5. The van der Waals surface area contributed by atoms with E-state index in [4.69, 9.17) is 0 Å². The first kappa shape index (κ1) is 48.0. The molecule has 6 aromatic heterocycles. The Hall–Kier alpha value is -5.97. The number of rotatable bonds is 18. The van der Waals surface area contributed by atoms with Gasteiger partial charge in [0.1, 0.15) is 0 Å². The fraction of sp³-hybridized carbons (Fsp3) is 0.143. The van der Waals surface area contributed by atoms with Crippen LogP contribution >= 0.6 is 0 Å². The van der Waals surface area contributed by atoms with Crippen LogP contribution < -0.4 is 60.2 Å². The minimum absolute atomic E-state index is 0.242. The third-order valence-electron chi connectivity index (χ3n) is 11.5. The second-order valence-electron chi connectivity index (χ2n) is 15.9. The van der Waals surface area contributed by atoms with Crippen LogP contribution in [0.4, 0.5) is 0 Å². The van der Waals surface area contributed by atoms with Crippen LogP contribution in [-0.2, 0) is 39.3 Å². The van der Waals surface area contributed by atoms with Crippen LogP contribution in [0, 0.1) is 0 Å². The number of aromatic nitrogens is 6. The largest absolute Gasteiger partial charge is 0.488 e. The third kappa shape index (κ3) is 11.9. The molecule has 0 spiro atoms. The Morgan fingerprint density at radius 3 is 0.409 bits per heavy atom. The summed E-state index contributed by atoms with van der Waals surface area (Å²) in [6, 6.07) is 19.2. The average molecular weight is 894 g/mol. The zero-order valence-electron chi connectivity index (χ0n) is 35.6. The molecule has 0 bridgehead atoms. The summed E-state index contributed by atoms with van der Waals surface area (Å²) in [4.78, 5) is 0. The lowest BCUT2D eigenvalue weighted by molar-refractivity contribution is -0.701. The molecule has 0 atom stereocenters. The number of benzene rings is 1. The predicted octanol–water partition coefficient (Wildman–Crippen LogP) is -10.2. The highest BCUT2D eigenvalue weighted by Gasteiger charge is 2.34. The monoisotopic (exact) mass is 894 g/mol. The SMILES string of the molecule is OB(O)c1cc[n+](Cc2c(C[n+]3ccc(B(O)O)cc3)c(C[n+]3ccc(B(O)O)cc3)c(C[n+]3ccc(B(O)O)cc3)c(C[n+]3ccc(B(O)O)cc3)c2C[n+]2ccc(B(O)O)cc2)cc1. The Balaban J connectivity index is 1.57. The first-order chi connectivity index (χ1) is 31.6. The van der Waals surface area contributed by atoms with E-state index in [1.54, 1.807) is 147 Å². The Morgan fingerprint density at radius 1 is 0.212 bits per heavy atom. The number of hydrogen-bond acceptors (Lipinski definition) is 12. The number of nitrogens with zero attached hydrogens (tertiary/aromatic N) is 6. The summed E-state index contributed by atoms with van der Waals surface area (Å²) >= 11 is 0. The minimum Gasteiger partial charge on any atom is -0.423 e. The molecule has 0 unspecified atom stereocenters. The van der Waals surface area contributed by atoms with Crippen molar-refractivity contribution in [3.63, 3.8) is 0 Å². The molecule has 330 valence electrons. The predicted molar refractivity (Wildman–Crippen MR) is 240 cm³/mol. The Labute approximate surface area is 381 Å². The van der Waals surface area contributed by atoms with Crippen molar-refractivity contribution in [3.05, 3.63) is 181 Å². The van der Waals surface area contributed by atoms with Gasteiger partial charge in [-0.05, 0) is 32.8 Å². The molecule has 0 aliphatic heterocycles. The van der Waals surface area contributed by atoms with Gasteiger partial charge in [0.2, 0.25) is 0 Å². The summed E-state index contributed by atoms with van der Waals surface area (Å²) in [5, 5.41) is 120. The van der Waals surface area contributed by atoms with E-state index in [0.29, 0.717) is 0 Å². The highest BCUT2D eigenvalue weighted by molar-refractivity contribution is 6.60. The first-order valence-corrected chi connectivity index (χ1v) is 20.9. The van der Waals surface area contributed by atoms with E-state index in [1.807, 2.05) is 27.4 Å². The summed E-state index contributed by atoms with van der Waals surface area (Å²) in [5.41, 5.74) is 6.76. The summed E-state index contributed by atoms with van der Waals surface area (Å²) < 4.78 is 11.4. The van der Waals surface area contributed by atoms with E-state index in [2.05, 4.69) is 0 Å². The second-order valence-corrected chi connectivity index (χ2v) is 15.9. The maximum Gasteiger partial charge on any atom is 0.488 e. The second kappa shape index (κ2) is 21.6. The van der Waals surface area contributed by atoms with Crippen molar-refractivity contribution in [3.8, 4) is 0 Å². The highest BCUT2D eigenvalue weighted by atomic mass is 16.4. The molecule has 66 heavy (non-hydrogen) atoms. The maximum absolute atomic E-state index is 9.96. The fourth-order valence-corrected chi connectivity index (χ4v) is 7.81. The van der Waals surface area contributed by atoms with Gasteiger partial charge in [-0.2, -0.15) is 0 Å². The van der Waals surface area contributed by atoms with Crippen LogP contribution in [-0.4, -0.2) is 103 Å². The van der Waals surface area contributed by atoms with Crippen molar-refractivity contribution in [2.75, 3.05) is 0 Å². The van der Waals surface area contributed by atoms with Crippen LogP contribution in [0.25, 0.3) is 0 Å². The van der Waals surface area contributed by atoms with Crippen molar-refractivity contribution >= 4 is 75.5 Å². The number of hydrogen-bond donors (Lipinski definition) is 12. The van der Waals surface area contributed by atoms with Crippen LogP contribution in [0.1, 0.15) is 33.4 Å². The quantitative estimate of drug-likeness (QED) is 0.0283. The van der Waals surface area contributed by atoms with Crippen molar-refractivity contribution < 1.29 is 87.7 Å². The summed E-state index contributed by atoms with van der Waals surface area (Å²) in [5.74, 6) is 0. The minimum atomic E-state index is -1.70. The molecule has 0 saturated heterocycles. The lowest BCUT2D eigenvalue weighted by atomic mass is 9.80. The molecule has 18 nitrogen and oxygen atoms in total. The molecule has 6 heterocycles. The lowest BCUT2D eigenvalue weighted by Crippen LogP contribution is -2.46. The van der Waals surface area contributed by atoms with Gasteiger partial charge < -0.3 is 60.3 Å². The Bertz CT molecular complexity index is 2200. The molecule has 12 N–H and O–H groups in total. The Kier molecular flexibility index (Phi) is 15.7. The molecule has 0 saturated carbocycles. The molecule has 1 aromatic carbocycles. The van der Waals surface area contributed by atoms with Crippen LogP contribution in [0.5, 0.6) is 0 Å². The van der Waals surface area contributed by atoms with E-state index in [9.17, 15) is 60.3 Å². The smallest absolute Gasteiger partial charge is 0.423 e. The average Bonchev–Trinajstić information content (AvgIpc) is 3.30. The van der Waals surface area contributed by atoms with Gasteiger partial charge in [-0.25, -0.2) is 27.4 Å². The van der Waals surface area contributed by atoms with Gasteiger partial charge in [0.15, 0.2) is 114 Å². The van der Waals surface area contributed by atoms with E-state index in [-0.39, 0.29) is 72.0 Å². The van der Waals surface area contributed by atoms with E-state index < -0.39 is 42.7 Å². The van der Waals surface area contributed by atoms with Crippen LogP contribution in [0.15, 0.2) is 147 Å². The topological polar surface area (TPSA) is 266 Å². The zero-order valence-corrected chi connectivity index (χ0v) is 35.6. The van der Waals surface area contributed by atoms with Gasteiger partial charge in [0.05, 0.1) is 0 Å². The highest BCUT2D eigenvalue weighted by Crippen LogP contribution is 2.30. The van der Waals surface area contributed by atoms with Gasteiger partial charge in [0.25, 0.3) is 0 Å². The molecular formula is C42H48B6N6O12+6.